The maximum Gasteiger partial charge on any atom is -0.00262 e. The van der Waals surface area contributed by atoms with Gasteiger partial charge in [0.1, 0.15) is 0 Å². The molecule has 0 amide bonds. The van der Waals surface area contributed by atoms with Crippen molar-refractivity contribution in [2.75, 3.05) is 23.0 Å². The van der Waals surface area contributed by atoms with Gasteiger partial charge in [0, 0.05) is 0 Å². The molecule has 72 valence electrons. The Morgan fingerprint density at radius 1 is 1.00 bits per heavy atom. The zero-order chi connectivity index (χ0) is 9.03. The minimum atomic E-state index is 0.511. The summed E-state index contributed by atoms with van der Waals surface area (Å²) < 4.78 is 0. The molecule has 12 heavy (non-hydrogen) atoms. The monoisotopic (exact) mass is 204 g/mol. The first-order valence-corrected chi connectivity index (χ1v) is 7.07. The van der Waals surface area contributed by atoms with Crippen molar-refractivity contribution in [2.45, 2.75) is 27.2 Å². The maximum atomic E-state index is 2.38. The van der Waals surface area contributed by atoms with Crippen molar-refractivity contribution in [3.05, 3.63) is 0 Å². The van der Waals surface area contributed by atoms with Crippen molar-refractivity contribution in [1.82, 2.24) is 0 Å². The summed E-state index contributed by atoms with van der Waals surface area (Å²) in [4.78, 5) is 0. The molecule has 2 heteroatoms. The van der Waals surface area contributed by atoms with E-state index in [9.17, 15) is 0 Å². The van der Waals surface area contributed by atoms with E-state index in [4.69, 9.17) is 0 Å². The molecule has 0 unspecified atom stereocenters. The number of rotatable bonds is 0. The maximum absolute atomic E-state index is 2.38. The summed E-state index contributed by atoms with van der Waals surface area (Å²) in [5, 5.41) is 0. The molecule has 1 rings (SSSR count). The molecule has 0 N–H and O–H groups in total. The first-order chi connectivity index (χ1) is 5.61. The van der Waals surface area contributed by atoms with Crippen LogP contribution in [0.25, 0.3) is 0 Å². The summed E-state index contributed by atoms with van der Waals surface area (Å²) in [6, 6.07) is 0. The molecule has 0 bridgehead atoms. The van der Waals surface area contributed by atoms with Crippen LogP contribution in [0.3, 0.4) is 0 Å². The average Bonchev–Trinajstić information content (AvgIpc) is 1.81. The molecule has 0 radical (unpaired) electrons. The van der Waals surface area contributed by atoms with Gasteiger partial charge in [-0.1, -0.05) is 20.8 Å². The van der Waals surface area contributed by atoms with Gasteiger partial charge in [-0.2, -0.15) is 23.5 Å². The molecule has 1 heterocycles. The molecule has 1 saturated heterocycles. The van der Waals surface area contributed by atoms with E-state index in [-0.39, 0.29) is 0 Å². The van der Waals surface area contributed by atoms with E-state index < -0.39 is 0 Å². The number of thioether (sulfide) groups is 2. The molecule has 1 fully saturated rings. The molecule has 0 aromatic heterocycles. The van der Waals surface area contributed by atoms with Crippen LogP contribution in [0.15, 0.2) is 0 Å². The van der Waals surface area contributed by atoms with Crippen LogP contribution in [0.2, 0.25) is 0 Å². The van der Waals surface area contributed by atoms with E-state index in [1.807, 2.05) is 0 Å². The summed E-state index contributed by atoms with van der Waals surface area (Å²) in [6.45, 7) is 7.13. The van der Waals surface area contributed by atoms with Crippen molar-refractivity contribution in [2.24, 2.45) is 11.3 Å². The van der Waals surface area contributed by atoms with Gasteiger partial charge in [-0.15, -0.1) is 0 Å². The van der Waals surface area contributed by atoms with Crippen LogP contribution in [-0.4, -0.2) is 23.0 Å². The van der Waals surface area contributed by atoms with Crippen molar-refractivity contribution in [3.63, 3.8) is 0 Å². The van der Waals surface area contributed by atoms with Gasteiger partial charge in [-0.25, -0.2) is 0 Å². The minimum Gasteiger partial charge on any atom is -0.162 e. The summed E-state index contributed by atoms with van der Waals surface area (Å²) in [7, 11) is 0. The lowest BCUT2D eigenvalue weighted by atomic mass is 9.83. The van der Waals surface area contributed by atoms with Crippen molar-refractivity contribution in [3.8, 4) is 0 Å². The van der Waals surface area contributed by atoms with Crippen LogP contribution in [0.5, 0.6) is 0 Å². The normalized spacial score (nSPS) is 23.2. The Hall–Kier alpha value is 0.700. The van der Waals surface area contributed by atoms with E-state index in [2.05, 4.69) is 44.3 Å². The molecule has 1 aliphatic heterocycles. The van der Waals surface area contributed by atoms with E-state index in [0.717, 1.165) is 5.92 Å². The van der Waals surface area contributed by atoms with Crippen LogP contribution in [-0.2, 0) is 0 Å². The summed E-state index contributed by atoms with van der Waals surface area (Å²) >= 11 is 4.30. The Balaban J connectivity index is 2.40. The highest BCUT2D eigenvalue weighted by molar-refractivity contribution is 8.00. The topological polar surface area (TPSA) is 0 Å². The molecule has 0 aromatic rings. The Bertz CT molecular complexity index is 118. The highest BCUT2D eigenvalue weighted by Gasteiger charge is 2.24. The fourth-order valence-corrected chi connectivity index (χ4v) is 4.43. The van der Waals surface area contributed by atoms with Crippen LogP contribution in [0.4, 0.5) is 0 Å². The summed E-state index contributed by atoms with van der Waals surface area (Å²) in [5.74, 6) is 6.40. The van der Waals surface area contributed by atoms with Gasteiger partial charge in [0.2, 0.25) is 0 Å². The highest BCUT2D eigenvalue weighted by atomic mass is 32.2. The predicted molar refractivity (Wildman–Crippen MR) is 62.2 cm³/mol. The fraction of sp³-hybridized carbons (Fsp3) is 1.00. The quantitative estimate of drug-likeness (QED) is 0.592. The van der Waals surface area contributed by atoms with Crippen molar-refractivity contribution >= 4 is 23.5 Å². The van der Waals surface area contributed by atoms with E-state index in [1.54, 1.807) is 0 Å². The van der Waals surface area contributed by atoms with Gasteiger partial charge in [0.15, 0.2) is 0 Å². The van der Waals surface area contributed by atoms with E-state index in [1.165, 1.54) is 29.4 Å². The molecular formula is C10H20S2. The molecule has 0 saturated carbocycles. The predicted octanol–water partition coefficient (Wildman–Crippen LogP) is 3.52. The van der Waals surface area contributed by atoms with E-state index in [0.29, 0.717) is 5.41 Å². The molecule has 0 aromatic carbocycles. The van der Waals surface area contributed by atoms with Crippen LogP contribution in [0, 0.1) is 11.3 Å². The van der Waals surface area contributed by atoms with Gasteiger partial charge in [0.05, 0.1) is 0 Å². The first kappa shape index (κ1) is 10.8. The van der Waals surface area contributed by atoms with Crippen molar-refractivity contribution in [1.29, 1.82) is 0 Å². The smallest absolute Gasteiger partial charge is 0.00262 e. The molecule has 0 atom stereocenters. The summed E-state index contributed by atoms with van der Waals surface area (Å²) in [5.41, 5.74) is 0.511. The Morgan fingerprint density at radius 3 is 1.92 bits per heavy atom. The molecule has 0 nitrogen and oxygen atoms in total. The summed E-state index contributed by atoms with van der Waals surface area (Å²) in [6.07, 6.45) is 1.41. The number of hydrogen-bond acceptors (Lipinski definition) is 2. The van der Waals surface area contributed by atoms with Gasteiger partial charge in [0.25, 0.3) is 0 Å². The largest absolute Gasteiger partial charge is 0.162 e. The van der Waals surface area contributed by atoms with Gasteiger partial charge in [-0.05, 0) is 40.8 Å². The number of hydrogen-bond donors (Lipinski definition) is 0. The zero-order valence-electron chi connectivity index (χ0n) is 8.43. The minimum absolute atomic E-state index is 0.511. The SMILES string of the molecule is CC(C)(C)C1CSCCCSC1. The van der Waals surface area contributed by atoms with E-state index >= 15 is 0 Å². The first-order valence-electron chi connectivity index (χ1n) is 4.76. The average molecular weight is 204 g/mol. The second kappa shape index (κ2) is 4.80. The molecule has 1 aliphatic rings. The molecule has 0 aliphatic carbocycles. The standard InChI is InChI=1S/C10H20S2/c1-10(2,3)9-7-11-5-4-6-12-8-9/h9H,4-8H2,1-3H3. The van der Waals surface area contributed by atoms with Gasteiger partial charge < -0.3 is 0 Å². The Labute approximate surface area is 85.3 Å². The third-order valence-electron chi connectivity index (χ3n) is 2.44. The zero-order valence-corrected chi connectivity index (χ0v) is 10.1. The third kappa shape index (κ3) is 3.61. The fourth-order valence-electron chi connectivity index (χ4n) is 1.26. The lowest BCUT2D eigenvalue weighted by molar-refractivity contribution is 0.293. The Kier molecular flexibility index (Phi) is 4.31. The second-order valence-corrected chi connectivity index (χ2v) is 6.87. The lowest BCUT2D eigenvalue weighted by Crippen LogP contribution is -2.26. The highest BCUT2D eigenvalue weighted by Crippen LogP contribution is 2.33. The van der Waals surface area contributed by atoms with Crippen LogP contribution in [0.1, 0.15) is 27.2 Å². The third-order valence-corrected chi connectivity index (χ3v) is 4.87. The molecule has 0 spiro atoms. The second-order valence-electron chi connectivity index (χ2n) is 4.57. The van der Waals surface area contributed by atoms with Crippen molar-refractivity contribution < 1.29 is 0 Å². The van der Waals surface area contributed by atoms with Gasteiger partial charge >= 0.3 is 0 Å². The molecular weight excluding hydrogens is 184 g/mol. The van der Waals surface area contributed by atoms with Crippen LogP contribution < -0.4 is 0 Å². The van der Waals surface area contributed by atoms with Gasteiger partial charge in [-0.3, -0.25) is 0 Å². The van der Waals surface area contributed by atoms with Crippen LogP contribution >= 0.6 is 23.5 Å². The Morgan fingerprint density at radius 2 is 1.50 bits per heavy atom. The lowest BCUT2D eigenvalue weighted by Gasteiger charge is -2.31.